The fraction of sp³-hybridized carbons (Fsp3) is 0.200. The van der Waals surface area contributed by atoms with Crippen LogP contribution in [0.2, 0.25) is 0 Å². The minimum absolute atomic E-state index is 0.116. The molecule has 7 nitrogen and oxygen atoms in total. The van der Waals surface area contributed by atoms with Crippen LogP contribution in [0.1, 0.15) is 29.8 Å². The molecule has 1 heterocycles. The Labute approximate surface area is 156 Å². The third kappa shape index (κ3) is 3.72. The van der Waals surface area contributed by atoms with E-state index in [-0.39, 0.29) is 29.1 Å². The van der Waals surface area contributed by atoms with Gasteiger partial charge in [0.25, 0.3) is 5.69 Å². The molecule has 0 radical (unpaired) electrons. The molecule has 0 amide bonds. The Morgan fingerprint density at radius 1 is 1.15 bits per heavy atom. The van der Waals surface area contributed by atoms with Crippen LogP contribution in [0.3, 0.4) is 0 Å². The molecule has 2 aromatic carbocycles. The highest BCUT2D eigenvalue weighted by Crippen LogP contribution is 2.32. The Morgan fingerprint density at radius 3 is 2.48 bits per heavy atom. The summed E-state index contributed by atoms with van der Waals surface area (Å²) in [4.78, 5) is 23.3. The van der Waals surface area contributed by atoms with E-state index in [2.05, 4.69) is 12.0 Å². The number of carbonyl (C=O) groups excluding carboxylic acids is 1. The van der Waals surface area contributed by atoms with Crippen molar-refractivity contribution in [1.29, 1.82) is 0 Å². The zero-order valence-electron chi connectivity index (χ0n) is 15.1. The summed E-state index contributed by atoms with van der Waals surface area (Å²) in [7, 11) is 0. The van der Waals surface area contributed by atoms with Gasteiger partial charge in [0, 0.05) is 12.3 Å². The number of rotatable bonds is 6. The van der Waals surface area contributed by atoms with E-state index in [9.17, 15) is 14.9 Å². The molecule has 0 saturated carbocycles. The van der Waals surface area contributed by atoms with Crippen molar-refractivity contribution in [1.82, 2.24) is 9.78 Å². The molecular formula is C20H19N3O4. The lowest BCUT2D eigenvalue weighted by atomic mass is 10.1. The smallest absolute Gasteiger partial charge is 0.342 e. The van der Waals surface area contributed by atoms with E-state index in [0.717, 1.165) is 12.1 Å². The van der Waals surface area contributed by atoms with Crippen molar-refractivity contribution >= 4 is 11.7 Å². The summed E-state index contributed by atoms with van der Waals surface area (Å²) in [6.45, 7) is 3.97. The zero-order chi connectivity index (χ0) is 19.4. The average Bonchev–Trinajstić information content (AvgIpc) is 3.13. The van der Waals surface area contributed by atoms with Gasteiger partial charge in [0.2, 0.25) is 0 Å². The largest absolute Gasteiger partial charge is 0.462 e. The molecule has 1 aromatic heterocycles. The molecule has 3 rings (SSSR count). The van der Waals surface area contributed by atoms with E-state index in [4.69, 9.17) is 4.74 Å². The number of nitrogens with zero attached hydrogens (tertiary/aromatic N) is 3. The van der Waals surface area contributed by atoms with E-state index in [1.807, 2.05) is 24.3 Å². The molecule has 3 aromatic rings. The molecule has 0 spiro atoms. The molecule has 0 atom stereocenters. The molecule has 0 aliphatic heterocycles. The lowest BCUT2D eigenvalue weighted by Gasteiger charge is -2.03. The second-order valence-corrected chi connectivity index (χ2v) is 5.85. The minimum atomic E-state index is -0.568. The molecule has 0 fully saturated rings. The molecule has 0 unspecified atom stereocenters. The topological polar surface area (TPSA) is 87.3 Å². The molecule has 7 heteroatoms. The Kier molecular flexibility index (Phi) is 5.30. The maximum Gasteiger partial charge on any atom is 0.342 e. The summed E-state index contributed by atoms with van der Waals surface area (Å²) in [6.07, 6.45) is 2.46. The summed E-state index contributed by atoms with van der Waals surface area (Å²) >= 11 is 0. The number of aryl methyl sites for hydroxylation is 1. The monoisotopic (exact) mass is 365 g/mol. The van der Waals surface area contributed by atoms with Crippen molar-refractivity contribution in [3.05, 3.63) is 76.0 Å². The van der Waals surface area contributed by atoms with Gasteiger partial charge in [-0.2, -0.15) is 5.10 Å². The molecule has 0 N–H and O–H groups in total. The highest BCUT2D eigenvalue weighted by molar-refractivity contribution is 5.97. The first kappa shape index (κ1) is 18.3. The van der Waals surface area contributed by atoms with Gasteiger partial charge in [-0.3, -0.25) is 10.1 Å². The van der Waals surface area contributed by atoms with Crippen molar-refractivity contribution in [2.24, 2.45) is 0 Å². The number of ether oxygens (including phenoxy) is 1. The van der Waals surface area contributed by atoms with Crippen molar-refractivity contribution in [3.63, 3.8) is 0 Å². The van der Waals surface area contributed by atoms with Gasteiger partial charge in [-0.1, -0.05) is 31.2 Å². The van der Waals surface area contributed by atoms with Crippen molar-refractivity contribution in [2.45, 2.75) is 20.3 Å². The third-order valence-electron chi connectivity index (χ3n) is 4.17. The van der Waals surface area contributed by atoms with Crippen LogP contribution < -0.4 is 0 Å². The Hall–Kier alpha value is -3.48. The second kappa shape index (κ2) is 7.82. The van der Waals surface area contributed by atoms with Gasteiger partial charge in [0.05, 0.1) is 22.8 Å². The number of para-hydroxylation sites is 1. The number of aromatic nitrogens is 2. The first-order valence-corrected chi connectivity index (χ1v) is 8.65. The summed E-state index contributed by atoms with van der Waals surface area (Å²) in [5.41, 5.74) is 2.49. The third-order valence-corrected chi connectivity index (χ3v) is 4.17. The van der Waals surface area contributed by atoms with Gasteiger partial charge in [-0.25, -0.2) is 9.48 Å². The quantitative estimate of drug-likeness (QED) is 0.371. The Morgan fingerprint density at radius 2 is 1.85 bits per heavy atom. The van der Waals surface area contributed by atoms with E-state index < -0.39 is 10.9 Å². The van der Waals surface area contributed by atoms with Gasteiger partial charge in [0.1, 0.15) is 11.3 Å². The highest BCUT2D eigenvalue weighted by Gasteiger charge is 2.25. The molecule has 0 saturated heterocycles. The number of hydrogen-bond acceptors (Lipinski definition) is 5. The van der Waals surface area contributed by atoms with E-state index in [1.165, 1.54) is 16.3 Å². The van der Waals surface area contributed by atoms with Crippen molar-refractivity contribution in [3.8, 4) is 16.9 Å². The van der Waals surface area contributed by atoms with Gasteiger partial charge in [0.15, 0.2) is 0 Å². The van der Waals surface area contributed by atoms with Crippen LogP contribution in [-0.2, 0) is 11.2 Å². The predicted molar refractivity (Wildman–Crippen MR) is 101 cm³/mol. The van der Waals surface area contributed by atoms with E-state index in [1.54, 1.807) is 31.3 Å². The lowest BCUT2D eigenvalue weighted by molar-refractivity contribution is -0.384. The first-order valence-electron chi connectivity index (χ1n) is 8.65. The fourth-order valence-electron chi connectivity index (χ4n) is 2.78. The Bertz CT molecular complexity index is 977. The highest BCUT2D eigenvalue weighted by atomic mass is 16.6. The second-order valence-electron chi connectivity index (χ2n) is 5.85. The molecule has 0 bridgehead atoms. The number of nitro benzene ring substituents is 1. The molecule has 0 aliphatic rings. The SMILES string of the molecule is CCOC(=O)c1cn(-c2ccc(CC)cc2)nc1-c1ccccc1[N+](=O)[O-]. The summed E-state index contributed by atoms with van der Waals surface area (Å²) in [5, 5.41) is 15.9. The zero-order valence-corrected chi connectivity index (χ0v) is 15.1. The van der Waals surface area contributed by atoms with Gasteiger partial charge < -0.3 is 4.74 Å². The Balaban J connectivity index is 2.16. The molecule has 27 heavy (non-hydrogen) atoms. The number of nitro groups is 1. The predicted octanol–water partition coefficient (Wildman–Crippen LogP) is 4.19. The number of esters is 1. The maximum absolute atomic E-state index is 12.4. The van der Waals surface area contributed by atoms with E-state index in [0.29, 0.717) is 0 Å². The first-order chi connectivity index (χ1) is 13.0. The van der Waals surface area contributed by atoms with E-state index >= 15 is 0 Å². The maximum atomic E-state index is 12.4. The van der Waals surface area contributed by atoms with Crippen LogP contribution in [0.5, 0.6) is 0 Å². The molecule has 0 aliphatic carbocycles. The van der Waals surface area contributed by atoms with Crippen LogP contribution in [0.4, 0.5) is 5.69 Å². The summed E-state index contributed by atoms with van der Waals surface area (Å²) in [6, 6.07) is 14.0. The van der Waals surface area contributed by atoms with Crippen LogP contribution in [0.25, 0.3) is 16.9 Å². The van der Waals surface area contributed by atoms with Crippen LogP contribution in [0, 0.1) is 10.1 Å². The standard InChI is InChI=1S/C20H19N3O4/c1-3-14-9-11-15(12-10-14)22-13-17(20(24)27-4-2)19(21-22)16-7-5-6-8-18(16)23(25)26/h5-13H,3-4H2,1-2H3. The number of hydrogen-bond donors (Lipinski definition) is 0. The van der Waals surface area contributed by atoms with Crippen molar-refractivity contribution < 1.29 is 14.5 Å². The lowest BCUT2D eigenvalue weighted by Crippen LogP contribution is -2.05. The van der Waals surface area contributed by atoms with Gasteiger partial charge in [-0.05, 0) is 37.1 Å². The number of carbonyl (C=O) groups is 1. The minimum Gasteiger partial charge on any atom is -0.462 e. The molecular weight excluding hydrogens is 346 g/mol. The van der Waals surface area contributed by atoms with Gasteiger partial charge >= 0.3 is 5.97 Å². The van der Waals surface area contributed by atoms with Crippen molar-refractivity contribution in [2.75, 3.05) is 6.61 Å². The van der Waals surface area contributed by atoms with Crippen LogP contribution >= 0.6 is 0 Å². The summed E-state index contributed by atoms with van der Waals surface area (Å²) < 4.78 is 6.65. The average molecular weight is 365 g/mol. The van der Waals surface area contributed by atoms with Crippen LogP contribution in [0.15, 0.2) is 54.7 Å². The normalized spacial score (nSPS) is 10.6. The van der Waals surface area contributed by atoms with Crippen LogP contribution in [-0.4, -0.2) is 27.3 Å². The fourth-order valence-corrected chi connectivity index (χ4v) is 2.78. The molecule has 138 valence electrons. The number of benzene rings is 2. The summed E-state index contributed by atoms with van der Waals surface area (Å²) in [5.74, 6) is -0.568. The van der Waals surface area contributed by atoms with Gasteiger partial charge in [-0.15, -0.1) is 0 Å².